The minimum Gasteiger partial charge on any atom is -0.353 e. The summed E-state index contributed by atoms with van der Waals surface area (Å²) in [4.78, 5) is 40.2. The van der Waals surface area contributed by atoms with Crippen molar-refractivity contribution in [2.24, 2.45) is 23.2 Å². The fraction of sp³-hybridized carbons (Fsp3) is 0.536. The highest BCUT2D eigenvalue weighted by Crippen LogP contribution is 2.61. The van der Waals surface area contributed by atoms with Crippen LogP contribution in [0.15, 0.2) is 36.4 Å². The van der Waals surface area contributed by atoms with E-state index in [0.717, 1.165) is 28.5 Å². The second-order valence-electron chi connectivity index (χ2n) is 11.1. The third-order valence-electron chi connectivity index (χ3n) is 9.02. The van der Waals surface area contributed by atoms with Gasteiger partial charge in [-0.05, 0) is 92.6 Å². The van der Waals surface area contributed by atoms with E-state index in [9.17, 15) is 14.4 Å². The molecule has 2 aromatic rings. The maximum Gasteiger partial charge on any atom is 0.261 e. The molecule has 1 heterocycles. The van der Waals surface area contributed by atoms with Gasteiger partial charge in [0.1, 0.15) is 0 Å². The lowest BCUT2D eigenvalue weighted by Gasteiger charge is -2.59. The Morgan fingerprint density at radius 1 is 0.970 bits per heavy atom. The molecule has 4 saturated carbocycles. The molecule has 0 spiro atoms. The number of nitrogens with zero attached hydrogens (tertiary/aromatic N) is 1. The van der Waals surface area contributed by atoms with Crippen LogP contribution >= 0.6 is 0 Å². The molecule has 2 aromatic carbocycles. The maximum atomic E-state index is 13.0. The molecule has 0 radical (unpaired) electrons. The number of hydrogen-bond donors (Lipinski definition) is 1. The molecule has 5 nitrogen and oxygen atoms in total. The molecule has 4 aliphatic carbocycles. The van der Waals surface area contributed by atoms with Crippen LogP contribution in [0.5, 0.6) is 0 Å². The van der Waals surface area contributed by atoms with Crippen LogP contribution in [0.2, 0.25) is 0 Å². The van der Waals surface area contributed by atoms with Gasteiger partial charge < -0.3 is 5.32 Å². The third-order valence-corrected chi connectivity index (χ3v) is 9.02. The summed E-state index contributed by atoms with van der Waals surface area (Å²) in [5.74, 6) is 2.10. The fourth-order valence-corrected chi connectivity index (χ4v) is 7.86. The summed E-state index contributed by atoms with van der Waals surface area (Å²) < 4.78 is 0. The largest absolute Gasteiger partial charge is 0.353 e. The molecule has 1 aliphatic heterocycles. The van der Waals surface area contributed by atoms with Crippen molar-refractivity contribution in [1.82, 2.24) is 10.2 Å². The number of amides is 3. The molecular weight excluding hydrogens is 412 g/mol. The molecule has 172 valence electrons. The number of hydrogen-bond acceptors (Lipinski definition) is 3. The van der Waals surface area contributed by atoms with E-state index in [0.29, 0.717) is 24.0 Å². The van der Waals surface area contributed by atoms with E-state index in [2.05, 4.69) is 12.2 Å². The molecule has 4 bridgehead atoms. The molecule has 0 unspecified atom stereocenters. The van der Waals surface area contributed by atoms with E-state index < -0.39 is 0 Å². The van der Waals surface area contributed by atoms with Crippen molar-refractivity contribution in [3.63, 3.8) is 0 Å². The van der Waals surface area contributed by atoms with Crippen molar-refractivity contribution in [1.29, 1.82) is 0 Å². The lowest BCUT2D eigenvalue weighted by Crippen LogP contribution is -2.55. The highest BCUT2D eigenvalue weighted by atomic mass is 16.2. The van der Waals surface area contributed by atoms with Crippen molar-refractivity contribution in [2.75, 3.05) is 6.54 Å². The molecule has 1 atom stereocenters. The first-order valence-corrected chi connectivity index (χ1v) is 12.6. The van der Waals surface area contributed by atoms with Gasteiger partial charge in [-0.1, -0.05) is 24.3 Å². The molecule has 0 saturated heterocycles. The van der Waals surface area contributed by atoms with Gasteiger partial charge in [0.05, 0.1) is 0 Å². The second kappa shape index (κ2) is 7.68. The lowest BCUT2D eigenvalue weighted by atomic mass is 9.48. The van der Waals surface area contributed by atoms with Crippen LogP contribution in [-0.4, -0.2) is 35.2 Å². The molecular formula is C28H32N2O3. The summed E-state index contributed by atoms with van der Waals surface area (Å²) in [5.41, 5.74) is 1.43. The number of carbonyl (C=O) groups excluding carboxylic acids is 3. The molecule has 3 amide bonds. The van der Waals surface area contributed by atoms with Crippen LogP contribution < -0.4 is 5.32 Å². The molecule has 7 rings (SSSR count). The van der Waals surface area contributed by atoms with E-state index in [1.54, 1.807) is 12.1 Å². The Morgan fingerprint density at radius 2 is 1.52 bits per heavy atom. The van der Waals surface area contributed by atoms with Gasteiger partial charge in [-0.25, -0.2) is 0 Å². The normalized spacial score (nSPS) is 30.7. The number of carbonyl (C=O) groups is 3. The van der Waals surface area contributed by atoms with E-state index in [4.69, 9.17) is 0 Å². The van der Waals surface area contributed by atoms with Crippen LogP contribution in [0.3, 0.4) is 0 Å². The molecule has 4 fully saturated rings. The average Bonchev–Trinajstić information content (AvgIpc) is 2.78. The maximum absolute atomic E-state index is 13.0. The SMILES string of the molecule is C[C@@H](NC(=O)CCCN1C(=O)c2cccc3cccc(c23)C1=O)C12CC3CC(CC(C3)C1)C2. The number of benzene rings is 2. The molecule has 5 aliphatic rings. The van der Waals surface area contributed by atoms with E-state index in [1.165, 1.54) is 43.4 Å². The van der Waals surface area contributed by atoms with Gasteiger partial charge in [0, 0.05) is 35.5 Å². The van der Waals surface area contributed by atoms with Crippen molar-refractivity contribution in [3.05, 3.63) is 47.5 Å². The Labute approximate surface area is 194 Å². The Morgan fingerprint density at radius 3 is 2.06 bits per heavy atom. The summed E-state index contributed by atoms with van der Waals surface area (Å²) in [6.07, 6.45) is 8.80. The van der Waals surface area contributed by atoms with Gasteiger partial charge in [0.2, 0.25) is 5.91 Å². The fourth-order valence-electron chi connectivity index (χ4n) is 7.86. The lowest BCUT2D eigenvalue weighted by molar-refractivity contribution is -0.126. The Balaban J connectivity index is 1.08. The molecule has 1 N–H and O–H groups in total. The summed E-state index contributed by atoms with van der Waals surface area (Å²) >= 11 is 0. The van der Waals surface area contributed by atoms with Crippen LogP contribution in [0.1, 0.15) is 79.0 Å². The van der Waals surface area contributed by atoms with E-state index in [1.807, 2.05) is 24.3 Å². The van der Waals surface area contributed by atoms with Gasteiger partial charge in [0.15, 0.2) is 0 Å². The minimum atomic E-state index is -0.258. The van der Waals surface area contributed by atoms with Crippen molar-refractivity contribution >= 4 is 28.5 Å². The van der Waals surface area contributed by atoms with Crippen LogP contribution in [0, 0.1) is 23.2 Å². The monoisotopic (exact) mass is 444 g/mol. The van der Waals surface area contributed by atoms with Crippen molar-refractivity contribution in [3.8, 4) is 0 Å². The van der Waals surface area contributed by atoms with Gasteiger partial charge in [0.25, 0.3) is 11.8 Å². The number of imide groups is 1. The average molecular weight is 445 g/mol. The van der Waals surface area contributed by atoms with Crippen LogP contribution in [-0.2, 0) is 4.79 Å². The zero-order chi connectivity index (χ0) is 22.7. The molecule has 0 aromatic heterocycles. The minimum absolute atomic E-state index is 0.0395. The first kappa shape index (κ1) is 20.9. The van der Waals surface area contributed by atoms with Crippen LogP contribution in [0.4, 0.5) is 0 Å². The Kier molecular flexibility index (Phi) is 4.86. The van der Waals surface area contributed by atoms with Crippen molar-refractivity contribution < 1.29 is 14.4 Å². The quantitative estimate of drug-likeness (QED) is 0.642. The third kappa shape index (κ3) is 3.39. The summed E-state index contributed by atoms with van der Waals surface area (Å²) in [6.45, 7) is 2.46. The van der Waals surface area contributed by atoms with E-state index >= 15 is 0 Å². The predicted octanol–water partition coefficient (Wildman–Crippen LogP) is 4.94. The Bertz CT molecular complexity index is 1070. The van der Waals surface area contributed by atoms with Gasteiger partial charge in [-0.3, -0.25) is 19.3 Å². The van der Waals surface area contributed by atoms with Crippen LogP contribution in [0.25, 0.3) is 10.8 Å². The highest BCUT2D eigenvalue weighted by Gasteiger charge is 2.53. The first-order chi connectivity index (χ1) is 15.9. The van der Waals surface area contributed by atoms with Crippen molar-refractivity contribution in [2.45, 2.75) is 64.3 Å². The van der Waals surface area contributed by atoms with E-state index in [-0.39, 0.29) is 35.7 Å². The highest BCUT2D eigenvalue weighted by molar-refractivity contribution is 6.25. The van der Waals surface area contributed by atoms with Gasteiger partial charge in [-0.15, -0.1) is 0 Å². The summed E-state index contributed by atoms with van der Waals surface area (Å²) in [5, 5.41) is 4.95. The second-order valence-corrected chi connectivity index (χ2v) is 11.1. The standard InChI is InChI=1S/C28H32N2O3/c1-17(28-14-18-11-19(15-28)13-20(12-18)16-28)29-24(31)9-4-10-30-26(32)22-7-2-5-21-6-3-8-23(25(21)22)27(30)33/h2-3,5-8,17-20H,4,9-16H2,1H3,(H,29,31)/t17-,18?,19?,20?,28?/m1/s1. The smallest absolute Gasteiger partial charge is 0.261 e. The number of nitrogens with one attached hydrogen (secondary N) is 1. The Hall–Kier alpha value is -2.69. The summed E-state index contributed by atoms with van der Waals surface area (Å²) in [7, 11) is 0. The zero-order valence-corrected chi connectivity index (χ0v) is 19.3. The predicted molar refractivity (Wildman–Crippen MR) is 127 cm³/mol. The van der Waals surface area contributed by atoms with Gasteiger partial charge >= 0.3 is 0 Å². The van der Waals surface area contributed by atoms with Gasteiger partial charge in [-0.2, -0.15) is 0 Å². The summed E-state index contributed by atoms with van der Waals surface area (Å²) in [6, 6.07) is 11.3. The number of rotatable bonds is 6. The molecule has 33 heavy (non-hydrogen) atoms. The topological polar surface area (TPSA) is 66.5 Å². The first-order valence-electron chi connectivity index (χ1n) is 12.6. The molecule has 5 heteroatoms. The zero-order valence-electron chi connectivity index (χ0n) is 19.3.